The molecular formula is C20H20N4OS. The molecule has 26 heavy (non-hydrogen) atoms. The first kappa shape index (κ1) is 16.7. The molecule has 6 heteroatoms. The van der Waals surface area contributed by atoms with E-state index in [1.807, 2.05) is 44.2 Å². The second-order valence-corrected chi connectivity index (χ2v) is 7.20. The summed E-state index contributed by atoms with van der Waals surface area (Å²) in [6, 6.07) is 10.4. The highest BCUT2D eigenvalue weighted by atomic mass is 32.1. The Bertz CT molecular complexity index is 991. The standard InChI is InChI=1S/C20H20N4OS/c1-11-7-14(8-12(2)19(11)25)13-3-6-16-17(9-13)23-18(10-21-16)24-20(26)22-15-4-5-15/h3,6-10,15,25H,4-5H2,1-2H3,(H2,22,23,24,26). The number of anilines is 1. The number of hydrogen-bond donors (Lipinski definition) is 3. The summed E-state index contributed by atoms with van der Waals surface area (Å²) < 4.78 is 0. The van der Waals surface area contributed by atoms with Crippen LogP contribution in [0.1, 0.15) is 24.0 Å². The summed E-state index contributed by atoms with van der Waals surface area (Å²) in [6.07, 6.45) is 4.03. The summed E-state index contributed by atoms with van der Waals surface area (Å²) in [5.41, 5.74) is 5.42. The molecule has 1 aliphatic carbocycles. The molecular weight excluding hydrogens is 344 g/mol. The molecule has 5 nitrogen and oxygen atoms in total. The van der Waals surface area contributed by atoms with Gasteiger partial charge in [-0.15, -0.1) is 0 Å². The van der Waals surface area contributed by atoms with Crippen molar-refractivity contribution >= 4 is 34.2 Å². The molecule has 132 valence electrons. The normalized spacial score (nSPS) is 13.6. The van der Waals surface area contributed by atoms with Crippen LogP contribution < -0.4 is 10.6 Å². The van der Waals surface area contributed by atoms with Gasteiger partial charge in [-0.25, -0.2) is 4.98 Å². The van der Waals surface area contributed by atoms with E-state index >= 15 is 0 Å². The predicted molar refractivity (Wildman–Crippen MR) is 108 cm³/mol. The van der Waals surface area contributed by atoms with Gasteiger partial charge in [-0.1, -0.05) is 6.07 Å². The summed E-state index contributed by atoms with van der Waals surface area (Å²) in [5.74, 6) is 0.975. The average Bonchev–Trinajstić information content (AvgIpc) is 3.42. The fourth-order valence-corrected chi connectivity index (χ4v) is 3.21. The number of hydrogen-bond acceptors (Lipinski definition) is 4. The lowest BCUT2D eigenvalue weighted by atomic mass is 9.99. The maximum atomic E-state index is 9.99. The number of thiocarbonyl (C=S) groups is 1. The van der Waals surface area contributed by atoms with Crippen LogP contribution in [-0.2, 0) is 0 Å². The quantitative estimate of drug-likeness (QED) is 0.609. The van der Waals surface area contributed by atoms with Gasteiger partial charge in [0, 0.05) is 6.04 Å². The third kappa shape index (κ3) is 3.46. The van der Waals surface area contributed by atoms with Crippen LogP contribution in [0.25, 0.3) is 22.2 Å². The van der Waals surface area contributed by atoms with Crippen LogP contribution in [0.4, 0.5) is 5.82 Å². The second kappa shape index (κ2) is 6.53. The minimum absolute atomic E-state index is 0.345. The fourth-order valence-electron chi connectivity index (χ4n) is 2.94. The van der Waals surface area contributed by atoms with E-state index in [-0.39, 0.29) is 0 Å². The van der Waals surface area contributed by atoms with Crippen LogP contribution in [0.15, 0.2) is 36.5 Å². The second-order valence-electron chi connectivity index (χ2n) is 6.79. The van der Waals surface area contributed by atoms with Gasteiger partial charge in [0.15, 0.2) is 10.9 Å². The van der Waals surface area contributed by atoms with E-state index in [0.717, 1.165) is 33.3 Å². The van der Waals surface area contributed by atoms with Gasteiger partial charge in [-0.2, -0.15) is 0 Å². The van der Waals surface area contributed by atoms with E-state index < -0.39 is 0 Å². The summed E-state index contributed by atoms with van der Waals surface area (Å²) in [6.45, 7) is 3.81. The van der Waals surface area contributed by atoms with E-state index in [4.69, 9.17) is 12.2 Å². The van der Waals surface area contributed by atoms with Crippen molar-refractivity contribution in [1.29, 1.82) is 0 Å². The Morgan fingerprint density at radius 2 is 1.81 bits per heavy atom. The highest BCUT2D eigenvalue weighted by molar-refractivity contribution is 7.80. The van der Waals surface area contributed by atoms with Crippen molar-refractivity contribution in [3.63, 3.8) is 0 Å². The van der Waals surface area contributed by atoms with Crippen molar-refractivity contribution in [2.45, 2.75) is 32.7 Å². The zero-order chi connectivity index (χ0) is 18.3. The average molecular weight is 364 g/mol. The van der Waals surface area contributed by atoms with Gasteiger partial charge >= 0.3 is 0 Å². The monoisotopic (exact) mass is 364 g/mol. The topological polar surface area (TPSA) is 70.1 Å². The SMILES string of the molecule is Cc1cc(-c2ccc3ncc(NC(=S)NC4CC4)nc3c2)cc(C)c1O. The molecule has 1 heterocycles. The minimum atomic E-state index is 0.345. The zero-order valence-corrected chi connectivity index (χ0v) is 15.5. The van der Waals surface area contributed by atoms with Gasteiger partial charge in [0.05, 0.1) is 17.2 Å². The molecule has 1 saturated carbocycles. The molecule has 3 N–H and O–H groups in total. The Kier molecular flexibility index (Phi) is 4.20. The molecule has 3 aromatic rings. The lowest BCUT2D eigenvalue weighted by molar-refractivity contribution is 0.467. The summed E-state index contributed by atoms with van der Waals surface area (Å²) in [7, 11) is 0. The van der Waals surface area contributed by atoms with Crippen molar-refractivity contribution in [3.8, 4) is 16.9 Å². The number of nitrogens with zero attached hydrogens (tertiary/aromatic N) is 2. The molecule has 0 amide bonds. The van der Waals surface area contributed by atoms with Crippen molar-refractivity contribution in [2.24, 2.45) is 0 Å². The Hall–Kier alpha value is -2.73. The number of aryl methyl sites for hydroxylation is 2. The maximum absolute atomic E-state index is 9.99. The number of aromatic nitrogens is 2. The van der Waals surface area contributed by atoms with Crippen molar-refractivity contribution in [2.75, 3.05) is 5.32 Å². The van der Waals surface area contributed by atoms with E-state index in [1.54, 1.807) is 6.20 Å². The number of rotatable bonds is 3. The number of nitrogens with one attached hydrogen (secondary N) is 2. The van der Waals surface area contributed by atoms with Crippen LogP contribution in [0.3, 0.4) is 0 Å². The number of fused-ring (bicyclic) bond motifs is 1. The highest BCUT2D eigenvalue weighted by Crippen LogP contribution is 2.30. The van der Waals surface area contributed by atoms with Crippen LogP contribution in [0, 0.1) is 13.8 Å². The number of phenolic OH excluding ortho intramolecular Hbond substituents is 1. The van der Waals surface area contributed by atoms with Gasteiger partial charge < -0.3 is 15.7 Å². The van der Waals surface area contributed by atoms with Gasteiger partial charge in [-0.05, 0) is 85.4 Å². The van der Waals surface area contributed by atoms with Crippen molar-refractivity contribution in [3.05, 3.63) is 47.7 Å². The highest BCUT2D eigenvalue weighted by Gasteiger charge is 2.21. The molecule has 0 unspecified atom stereocenters. The first-order valence-electron chi connectivity index (χ1n) is 8.64. The summed E-state index contributed by atoms with van der Waals surface area (Å²) in [4.78, 5) is 9.10. The zero-order valence-electron chi connectivity index (χ0n) is 14.7. The number of aromatic hydroxyl groups is 1. The molecule has 2 aromatic carbocycles. The van der Waals surface area contributed by atoms with E-state index in [1.165, 1.54) is 12.8 Å². The van der Waals surface area contributed by atoms with Gasteiger partial charge in [-0.3, -0.25) is 4.98 Å². The Labute approximate surface area is 157 Å². The molecule has 0 bridgehead atoms. The fraction of sp³-hybridized carbons (Fsp3) is 0.250. The lowest BCUT2D eigenvalue weighted by Crippen LogP contribution is -2.30. The molecule has 4 rings (SSSR count). The molecule has 0 atom stereocenters. The van der Waals surface area contributed by atoms with Crippen LogP contribution in [0.5, 0.6) is 5.75 Å². The molecule has 0 saturated heterocycles. The lowest BCUT2D eigenvalue weighted by Gasteiger charge is -2.11. The summed E-state index contributed by atoms with van der Waals surface area (Å²) in [5, 5.41) is 16.9. The number of phenols is 1. The molecule has 0 spiro atoms. The van der Waals surface area contributed by atoms with Crippen LogP contribution in [0.2, 0.25) is 0 Å². The third-order valence-electron chi connectivity index (χ3n) is 4.52. The maximum Gasteiger partial charge on any atom is 0.172 e. The molecule has 0 aliphatic heterocycles. The van der Waals surface area contributed by atoms with Crippen molar-refractivity contribution in [1.82, 2.24) is 15.3 Å². The first-order valence-corrected chi connectivity index (χ1v) is 9.05. The summed E-state index contributed by atoms with van der Waals surface area (Å²) >= 11 is 5.30. The van der Waals surface area contributed by atoms with E-state index in [9.17, 15) is 5.11 Å². The van der Waals surface area contributed by atoms with Crippen molar-refractivity contribution < 1.29 is 5.11 Å². The molecule has 1 fully saturated rings. The molecule has 0 radical (unpaired) electrons. The Morgan fingerprint density at radius 3 is 2.50 bits per heavy atom. The van der Waals surface area contributed by atoms with Gasteiger partial charge in [0.2, 0.25) is 0 Å². The third-order valence-corrected chi connectivity index (χ3v) is 4.74. The first-order chi connectivity index (χ1) is 12.5. The van der Waals surface area contributed by atoms with E-state index in [2.05, 4.69) is 20.6 Å². The smallest absolute Gasteiger partial charge is 0.172 e. The largest absolute Gasteiger partial charge is 0.507 e. The van der Waals surface area contributed by atoms with Gasteiger partial charge in [0.1, 0.15) is 5.75 Å². The minimum Gasteiger partial charge on any atom is -0.507 e. The van der Waals surface area contributed by atoms with Crippen LogP contribution >= 0.6 is 12.2 Å². The van der Waals surface area contributed by atoms with Gasteiger partial charge in [0.25, 0.3) is 0 Å². The molecule has 1 aliphatic rings. The molecule has 1 aromatic heterocycles. The van der Waals surface area contributed by atoms with Crippen LogP contribution in [-0.4, -0.2) is 26.2 Å². The van der Waals surface area contributed by atoms with E-state index in [0.29, 0.717) is 22.7 Å². The predicted octanol–water partition coefficient (Wildman–Crippen LogP) is 4.07. The Morgan fingerprint density at radius 1 is 1.08 bits per heavy atom. The number of benzene rings is 2. The Balaban J connectivity index is 1.66.